The number of hydrogen-bond acceptors (Lipinski definition) is 3. The van der Waals surface area contributed by atoms with E-state index in [2.05, 4.69) is 45.4 Å². The molecule has 0 saturated heterocycles. The van der Waals surface area contributed by atoms with Crippen molar-refractivity contribution in [3.63, 3.8) is 0 Å². The predicted molar refractivity (Wildman–Crippen MR) is 112 cm³/mol. The van der Waals surface area contributed by atoms with Crippen LogP contribution < -0.4 is 16.0 Å². The molecule has 24 heavy (non-hydrogen) atoms. The molecule has 0 aromatic carbocycles. The van der Waals surface area contributed by atoms with Crippen LogP contribution in [0.1, 0.15) is 37.5 Å². The lowest BCUT2D eigenvalue weighted by Crippen LogP contribution is -2.40. The fourth-order valence-electron chi connectivity index (χ4n) is 2.32. The van der Waals surface area contributed by atoms with Gasteiger partial charge in [-0.25, -0.2) is 0 Å². The van der Waals surface area contributed by atoms with Crippen molar-refractivity contribution in [2.75, 3.05) is 20.1 Å². The van der Waals surface area contributed by atoms with Gasteiger partial charge in [-0.15, -0.1) is 35.3 Å². The summed E-state index contributed by atoms with van der Waals surface area (Å²) in [7, 11) is 1.78. The van der Waals surface area contributed by atoms with E-state index < -0.39 is 0 Å². The van der Waals surface area contributed by atoms with Gasteiger partial charge >= 0.3 is 0 Å². The molecule has 1 unspecified atom stereocenters. The second-order valence-corrected chi connectivity index (χ2v) is 7.25. The summed E-state index contributed by atoms with van der Waals surface area (Å²) in [6.07, 6.45) is 4.77. The van der Waals surface area contributed by atoms with Gasteiger partial charge < -0.3 is 16.0 Å². The topological polar surface area (TPSA) is 65.5 Å². The Kier molecular flexibility index (Phi) is 10.3. The minimum absolute atomic E-state index is 0. The van der Waals surface area contributed by atoms with Crippen LogP contribution in [0, 0.1) is 5.92 Å². The van der Waals surface area contributed by atoms with Crippen LogP contribution in [-0.2, 0) is 11.2 Å². The van der Waals surface area contributed by atoms with Crippen molar-refractivity contribution in [3.05, 3.63) is 22.4 Å². The molecule has 0 radical (unpaired) electrons. The molecule has 1 heterocycles. The van der Waals surface area contributed by atoms with Crippen molar-refractivity contribution in [3.8, 4) is 0 Å². The Balaban J connectivity index is 0.00000288. The summed E-state index contributed by atoms with van der Waals surface area (Å²) in [6, 6.07) is 4.73. The van der Waals surface area contributed by atoms with E-state index in [-0.39, 0.29) is 29.9 Å². The second-order valence-electron chi connectivity index (χ2n) is 6.21. The minimum atomic E-state index is 0. The predicted octanol–water partition coefficient (Wildman–Crippen LogP) is 2.77. The molecular weight excluding hydrogens is 435 g/mol. The van der Waals surface area contributed by atoms with Gasteiger partial charge in [0.2, 0.25) is 5.91 Å². The van der Waals surface area contributed by atoms with E-state index in [1.54, 1.807) is 7.05 Å². The van der Waals surface area contributed by atoms with Gasteiger partial charge in [0.1, 0.15) is 0 Å². The number of nitrogens with zero attached hydrogens (tertiary/aromatic N) is 1. The molecule has 2 rings (SSSR count). The van der Waals surface area contributed by atoms with Gasteiger partial charge in [0, 0.05) is 37.5 Å². The van der Waals surface area contributed by atoms with Crippen molar-refractivity contribution in [2.24, 2.45) is 10.9 Å². The minimum Gasteiger partial charge on any atom is -0.356 e. The van der Waals surface area contributed by atoms with Crippen LogP contribution in [0.2, 0.25) is 0 Å². The monoisotopic (exact) mass is 464 g/mol. The third-order valence-electron chi connectivity index (χ3n) is 3.79. The standard InChI is InChI=1S/C17H28N4OS.HI/c1-13(11-15-5-4-10-23-15)12-20-17(18-2)19-9-3-6-16(22)21-14-7-8-14;/h4-5,10,13-14H,3,6-9,11-12H2,1-2H3,(H,21,22)(H2,18,19,20);1H. The molecule has 1 aromatic rings. The number of rotatable bonds is 9. The molecule has 0 bridgehead atoms. The number of hydrogen-bond donors (Lipinski definition) is 3. The molecule has 1 aliphatic carbocycles. The first-order chi connectivity index (χ1) is 11.2. The summed E-state index contributed by atoms with van der Waals surface area (Å²) in [5.41, 5.74) is 0. The molecule has 5 nitrogen and oxygen atoms in total. The molecule has 1 atom stereocenters. The lowest BCUT2D eigenvalue weighted by Gasteiger charge is -2.15. The van der Waals surface area contributed by atoms with Crippen molar-refractivity contribution >= 4 is 47.2 Å². The van der Waals surface area contributed by atoms with Crippen molar-refractivity contribution in [1.29, 1.82) is 0 Å². The Hall–Kier alpha value is -0.830. The smallest absolute Gasteiger partial charge is 0.220 e. The maximum Gasteiger partial charge on any atom is 0.220 e. The number of thiophene rings is 1. The Morgan fingerprint density at radius 2 is 2.21 bits per heavy atom. The zero-order chi connectivity index (χ0) is 16.5. The molecular formula is C17H29IN4OS. The van der Waals surface area contributed by atoms with E-state index in [0.717, 1.165) is 44.7 Å². The summed E-state index contributed by atoms with van der Waals surface area (Å²) in [6.45, 7) is 3.89. The number of nitrogens with one attached hydrogen (secondary N) is 3. The normalized spacial score (nSPS) is 15.3. The molecule has 136 valence electrons. The average molecular weight is 464 g/mol. The first-order valence-electron chi connectivity index (χ1n) is 8.43. The lowest BCUT2D eigenvalue weighted by atomic mass is 10.1. The summed E-state index contributed by atoms with van der Waals surface area (Å²) in [4.78, 5) is 17.2. The second kappa shape index (κ2) is 11.7. The number of aliphatic imine (C=N–C) groups is 1. The van der Waals surface area contributed by atoms with Gasteiger partial charge in [0.05, 0.1) is 0 Å². The number of carbonyl (C=O) groups is 1. The first-order valence-corrected chi connectivity index (χ1v) is 9.31. The van der Waals surface area contributed by atoms with Crippen LogP contribution in [0.15, 0.2) is 22.5 Å². The van der Waals surface area contributed by atoms with Gasteiger partial charge in [-0.05, 0) is 43.0 Å². The molecule has 7 heteroatoms. The highest BCUT2D eigenvalue weighted by Gasteiger charge is 2.22. The SMILES string of the molecule is CN=C(NCCCC(=O)NC1CC1)NCC(C)Cc1cccs1.I. The fraction of sp³-hybridized carbons (Fsp3) is 0.647. The summed E-state index contributed by atoms with van der Waals surface area (Å²) < 4.78 is 0. The molecule has 1 aromatic heterocycles. The maximum atomic E-state index is 11.6. The Labute approximate surface area is 166 Å². The van der Waals surface area contributed by atoms with E-state index in [0.29, 0.717) is 18.4 Å². The molecule has 0 aliphatic heterocycles. The molecule has 0 spiro atoms. The van der Waals surface area contributed by atoms with Crippen LogP contribution in [0.5, 0.6) is 0 Å². The van der Waals surface area contributed by atoms with E-state index >= 15 is 0 Å². The third-order valence-corrected chi connectivity index (χ3v) is 4.69. The third kappa shape index (κ3) is 8.86. The molecule has 3 N–H and O–H groups in total. The van der Waals surface area contributed by atoms with Crippen LogP contribution >= 0.6 is 35.3 Å². The lowest BCUT2D eigenvalue weighted by molar-refractivity contribution is -0.121. The highest BCUT2D eigenvalue weighted by Crippen LogP contribution is 2.18. The van der Waals surface area contributed by atoms with Crippen molar-refractivity contribution in [1.82, 2.24) is 16.0 Å². The zero-order valence-corrected chi connectivity index (χ0v) is 17.7. The first kappa shape index (κ1) is 21.2. The summed E-state index contributed by atoms with van der Waals surface area (Å²) in [5, 5.41) is 11.8. The molecule has 1 aliphatic rings. The zero-order valence-electron chi connectivity index (χ0n) is 14.5. The van der Waals surface area contributed by atoms with Crippen molar-refractivity contribution < 1.29 is 4.79 Å². The van der Waals surface area contributed by atoms with Gasteiger partial charge in [0.25, 0.3) is 0 Å². The summed E-state index contributed by atoms with van der Waals surface area (Å²) in [5.74, 6) is 1.53. The molecule has 1 amide bonds. The van der Waals surface area contributed by atoms with Crippen LogP contribution in [0.3, 0.4) is 0 Å². The van der Waals surface area contributed by atoms with Gasteiger partial charge in [0.15, 0.2) is 5.96 Å². The number of carbonyl (C=O) groups excluding carboxylic acids is 1. The summed E-state index contributed by atoms with van der Waals surface area (Å²) >= 11 is 1.81. The van der Waals surface area contributed by atoms with E-state index in [1.165, 1.54) is 4.88 Å². The number of halogens is 1. The maximum absolute atomic E-state index is 11.6. The fourth-order valence-corrected chi connectivity index (χ4v) is 3.19. The average Bonchev–Trinajstić information content (AvgIpc) is 3.19. The van der Waals surface area contributed by atoms with Crippen LogP contribution in [0.4, 0.5) is 0 Å². The van der Waals surface area contributed by atoms with E-state index in [1.807, 2.05) is 11.3 Å². The highest BCUT2D eigenvalue weighted by molar-refractivity contribution is 14.0. The number of guanidine groups is 1. The van der Waals surface area contributed by atoms with Crippen LogP contribution in [-0.4, -0.2) is 38.0 Å². The number of amides is 1. The van der Waals surface area contributed by atoms with Gasteiger partial charge in [-0.3, -0.25) is 9.79 Å². The van der Waals surface area contributed by atoms with Gasteiger partial charge in [-0.2, -0.15) is 0 Å². The van der Waals surface area contributed by atoms with Crippen molar-refractivity contribution in [2.45, 2.75) is 45.1 Å². The Morgan fingerprint density at radius 3 is 2.83 bits per heavy atom. The quantitative estimate of drug-likeness (QED) is 0.228. The van der Waals surface area contributed by atoms with Crippen LogP contribution in [0.25, 0.3) is 0 Å². The highest BCUT2D eigenvalue weighted by atomic mass is 127. The molecule has 1 fully saturated rings. The van der Waals surface area contributed by atoms with Gasteiger partial charge in [-0.1, -0.05) is 13.0 Å². The Bertz CT molecular complexity index is 503. The largest absolute Gasteiger partial charge is 0.356 e. The van der Waals surface area contributed by atoms with E-state index in [9.17, 15) is 4.79 Å². The Morgan fingerprint density at radius 1 is 1.42 bits per heavy atom. The van der Waals surface area contributed by atoms with E-state index in [4.69, 9.17) is 0 Å². The molecule has 1 saturated carbocycles.